The first-order chi connectivity index (χ1) is 15.7. The van der Waals surface area contributed by atoms with Crippen molar-refractivity contribution < 1.29 is 14.3 Å². The highest BCUT2D eigenvalue weighted by atomic mass is 16.5. The number of para-hydroxylation sites is 1. The van der Waals surface area contributed by atoms with Crippen molar-refractivity contribution in [1.29, 1.82) is 0 Å². The van der Waals surface area contributed by atoms with E-state index >= 15 is 0 Å². The Morgan fingerprint density at radius 2 is 1.72 bits per heavy atom. The van der Waals surface area contributed by atoms with Crippen LogP contribution in [0.2, 0.25) is 0 Å². The third-order valence-corrected chi connectivity index (χ3v) is 4.98. The molecule has 0 saturated heterocycles. The number of rotatable bonds is 5. The molecule has 0 aliphatic heterocycles. The fourth-order valence-corrected chi connectivity index (χ4v) is 3.47. The summed E-state index contributed by atoms with van der Waals surface area (Å²) < 4.78 is 13.9. The third-order valence-electron chi connectivity index (χ3n) is 4.98. The smallest absolute Gasteiger partial charge is 0.343 e. The molecule has 0 aliphatic carbocycles. The monoisotopic (exact) mass is 426 g/mol. The zero-order valence-electron chi connectivity index (χ0n) is 17.1. The standard InChI is InChI=1S/C24H18N4O4/c1-2-31-24(30)20-15-26-28-21-12-13-27(23(29)19(21)14-25-22(20)28)16-8-10-18(11-9-16)32-17-6-4-3-5-7-17/h3-15H,2H2,1H3. The molecule has 8 heteroatoms. The summed E-state index contributed by atoms with van der Waals surface area (Å²) in [6.07, 6.45) is 4.53. The maximum absolute atomic E-state index is 13.2. The van der Waals surface area contributed by atoms with Gasteiger partial charge in [-0.3, -0.25) is 9.36 Å². The molecule has 2 aromatic carbocycles. The number of esters is 1. The van der Waals surface area contributed by atoms with Crippen LogP contribution in [0.3, 0.4) is 0 Å². The van der Waals surface area contributed by atoms with Crippen molar-refractivity contribution in [3.8, 4) is 17.2 Å². The van der Waals surface area contributed by atoms with Crippen molar-refractivity contribution in [2.75, 3.05) is 6.61 Å². The summed E-state index contributed by atoms with van der Waals surface area (Å²) in [5.74, 6) is 0.903. The van der Waals surface area contributed by atoms with Gasteiger partial charge in [-0.05, 0) is 49.4 Å². The van der Waals surface area contributed by atoms with E-state index in [1.165, 1.54) is 21.5 Å². The van der Waals surface area contributed by atoms with Gasteiger partial charge in [-0.2, -0.15) is 5.10 Å². The summed E-state index contributed by atoms with van der Waals surface area (Å²) in [5, 5.41) is 4.61. The third kappa shape index (κ3) is 3.37. The molecule has 32 heavy (non-hydrogen) atoms. The molecule has 8 nitrogen and oxygen atoms in total. The molecule has 0 bridgehead atoms. The van der Waals surface area contributed by atoms with Crippen LogP contribution < -0.4 is 10.3 Å². The Balaban J connectivity index is 1.51. The summed E-state index contributed by atoms with van der Waals surface area (Å²) in [7, 11) is 0. The largest absolute Gasteiger partial charge is 0.462 e. The van der Waals surface area contributed by atoms with E-state index in [2.05, 4.69) is 10.1 Å². The highest BCUT2D eigenvalue weighted by molar-refractivity contribution is 5.97. The van der Waals surface area contributed by atoms with Crippen molar-refractivity contribution in [2.24, 2.45) is 0 Å². The Kier molecular flexibility index (Phi) is 4.87. The molecular weight excluding hydrogens is 408 g/mol. The number of carbonyl (C=O) groups is 1. The lowest BCUT2D eigenvalue weighted by molar-refractivity contribution is 0.0528. The molecular formula is C24H18N4O4. The lowest BCUT2D eigenvalue weighted by Crippen LogP contribution is -2.19. The van der Waals surface area contributed by atoms with E-state index in [1.54, 1.807) is 31.3 Å². The van der Waals surface area contributed by atoms with Gasteiger partial charge in [-0.15, -0.1) is 0 Å². The maximum Gasteiger partial charge on any atom is 0.343 e. The van der Waals surface area contributed by atoms with Gasteiger partial charge in [-0.25, -0.2) is 14.3 Å². The molecule has 0 radical (unpaired) electrons. The van der Waals surface area contributed by atoms with Crippen molar-refractivity contribution in [2.45, 2.75) is 6.92 Å². The molecule has 0 N–H and O–H groups in total. The van der Waals surface area contributed by atoms with Gasteiger partial charge in [0.25, 0.3) is 5.56 Å². The fourth-order valence-electron chi connectivity index (χ4n) is 3.47. The predicted octanol–water partition coefficient (Wildman–Crippen LogP) is 4.00. The molecule has 3 heterocycles. The van der Waals surface area contributed by atoms with Crippen LogP contribution in [0, 0.1) is 0 Å². The van der Waals surface area contributed by atoms with Crippen molar-refractivity contribution in [1.82, 2.24) is 19.2 Å². The Morgan fingerprint density at radius 1 is 0.969 bits per heavy atom. The quantitative estimate of drug-likeness (QED) is 0.395. The summed E-state index contributed by atoms with van der Waals surface area (Å²) in [5.41, 5.74) is 1.59. The summed E-state index contributed by atoms with van der Waals surface area (Å²) >= 11 is 0. The number of carbonyl (C=O) groups excluding carboxylic acids is 1. The number of ether oxygens (including phenoxy) is 2. The van der Waals surface area contributed by atoms with Crippen molar-refractivity contribution >= 4 is 22.5 Å². The first-order valence-corrected chi connectivity index (χ1v) is 10.0. The highest BCUT2D eigenvalue weighted by Gasteiger charge is 2.17. The number of aromatic nitrogens is 4. The van der Waals surface area contributed by atoms with E-state index in [0.29, 0.717) is 28.0 Å². The normalized spacial score (nSPS) is 11.0. The van der Waals surface area contributed by atoms with Crippen LogP contribution >= 0.6 is 0 Å². The van der Waals surface area contributed by atoms with Gasteiger partial charge in [0.05, 0.1) is 23.7 Å². The van der Waals surface area contributed by atoms with Gasteiger partial charge in [-0.1, -0.05) is 18.2 Å². The highest BCUT2D eigenvalue weighted by Crippen LogP contribution is 2.22. The zero-order chi connectivity index (χ0) is 22.1. The summed E-state index contributed by atoms with van der Waals surface area (Å²) in [4.78, 5) is 29.6. The Morgan fingerprint density at radius 3 is 2.47 bits per heavy atom. The average Bonchev–Trinajstić information content (AvgIpc) is 3.26. The average molecular weight is 426 g/mol. The number of hydrogen-bond donors (Lipinski definition) is 0. The van der Waals surface area contributed by atoms with Gasteiger partial charge < -0.3 is 9.47 Å². The number of benzene rings is 2. The van der Waals surface area contributed by atoms with E-state index in [0.717, 1.165) is 5.75 Å². The predicted molar refractivity (Wildman–Crippen MR) is 119 cm³/mol. The van der Waals surface area contributed by atoms with E-state index in [-0.39, 0.29) is 17.7 Å². The molecule has 0 fully saturated rings. The van der Waals surface area contributed by atoms with E-state index in [4.69, 9.17) is 9.47 Å². The Labute approximate surface area is 182 Å². The minimum Gasteiger partial charge on any atom is -0.462 e. The first kappa shape index (κ1) is 19.5. The van der Waals surface area contributed by atoms with Gasteiger partial charge in [0, 0.05) is 18.1 Å². The zero-order valence-corrected chi connectivity index (χ0v) is 17.1. The molecule has 0 spiro atoms. The van der Waals surface area contributed by atoms with Gasteiger partial charge in [0.1, 0.15) is 17.1 Å². The van der Waals surface area contributed by atoms with Crippen LogP contribution in [0.4, 0.5) is 0 Å². The van der Waals surface area contributed by atoms with Crippen LogP contribution in [0.1, 0.15) is 17.3 Å². The van der Waals surface area contributed by atoms with Crippen molar-refractivity contribution in [3.05, 3.63) is 95.2 Å². The van der Waals surface area contributed by atoms with E-state index in [1.807, 2.05) is 42.5 Å². The Bertz CT molecular complexity index is 1490. The molecule has 0 atom stereocenters. The lowest BCUT2D eigenvalue weighted by Gasteiger charge is -2.10. The van der Waals surface area contributed by atoms with Crippen LogP contribution in [0.25, 0.3) is 22.2 Å². The lowest BCUT2D eigenvalue weighted by atomic mass is 10.2. The number of hydrogen-bond acceptors (Lipinski definition) is 6. The molecule has 0 aliphatic rings. The van der Waals surface area contributed by atoms with Gasteiger partial charge in [0.2, 0.25) is 0 Å². The van der Waals surface area contributed by atoms with E-state index < -0.39 is 5.97 Å². The van der Waals surface area contributed by atoms with Crippen molar-refractivity contribution in [3.63, 3.8) is 0 Å². The van der Waals surface area contributed by atoms with Crippen LogP contribution in [0.15, 0.2) is 84.0 Å². The molecule has 3 aromatic heterocycles. The van der Waals surface area contributed by atoms with Gasteiger partial charge >= 0.3 is 5.97 Å². The number of pyridine rings is 1. The molecule has 0 amide bonds. The first-order valence-electron chi connectivity index (χ1n) is 10.0. The van der Waals surface area contributed by atoms with Crippen LogP contribution in [-0.4, -0.2) is 31.7 Å². The summed E-state index contributed by atoms with van der Waals surface area (Å²) in [6, 6.07) is 18.5. The molecule has 0 unspecified atom stereocenters. The number of fused-ring (bicyclic) bond motifs is 3. The Hall–Kier alpha value is -4.46. The molecule has 0 saturated carbocycles. The second-order valence-electron chi connectivity index (χ2n) is 6.97. The SMILES string of the molecule is CCOC(=O)c1cnn2c1ncc1c(=O)n(-c3ccc(Oc4ccccc4)cc3)ccc12. The minimum absolute atomic E-state index is 0.248. The minimum atomic E-state index is -0.500. The topological polar surface area (TPSA) is 87.7 Å². The molecule has 5 aromatic rings. The fraction of sp³-hybridized carbons (Fsp3) is 0.0833. The van der Waals surface area contributed by atoms with Crippen LogP contribution in [-0.2, 0) is 4.74 Å². The second kappa shape index (κ2) is 7.99. The molecule has 5 rings (SSSR count). The second-order valence-corrected chi connectivity index (χ2v) is 6.97. The van der Waals surface area contributed by atoms with Gasteiger partial charge in [0.15, 0.2) is 5.65 Å². The molecule has 158 valence electrons. The van der Waals surface area contributed by atoms with E-state index in [9.17, 15) is 9.59 Å². The maximum atomic E-state index is 13.2. The van der Waals surface area contributed by atoms with Crippen LogP contribution in [0.5, 0.6) is 11.5 Å². The number of nitrogens with zero attached hydrogens (tertiary/aromatic N) is 4. The summed E-state index contributed by atoms with van der Waals surface area (Å²) in [6.45, 7) is 1.98.